The molecule has 2 atom stereocenters. The van der Waals surface area contributed by atoms with Crippen LogP contribution in [-0.2, 0) is 0 Å². The van der Waals surface area contributed by atoms with Gasteiger partial charge in [0.2, 0.25) is 0 Å². The molecule has 0 saturated carbocycles. The molecule has 82 valence electrons. The van der Waals surface area contributed by atoms with Crippen LogP contribution < -0.4 is 0 Å². The fourth-order valence-electron chi connectivity index (χ4n) is 2.42. The molecule has 0 bridgehead atoms. The van der Waals surface area contributed by atoms with Gasteiger partial charge in [0.25, 0.3) is 0 Å². The predicted molar refractivity (Wildman–Crippen MR) is 66.1 cm³/mol. The zero-order valence-corrected chi connectivity index (χ0v) is 10.2. The standard InChI is InChI=1S/C12H18N2S/c1-14-8-10(9-15-2)6-12(14)11-4-3-5-13-7-11/h3-5,7,10,12H,6,8-9H2,1-2H3/t10-,12+/m1/s1. The van der Waals surface area contributed by atoms with E-state index in [0.29, 0.717) is 6.04 Å². The molecule has 1 aliphatic rings. The molecule has 2 nitrogen and oxygen atoms in total. The first-order valence-corrected chi connectivity index (χ1v) is 6.79. The van der Waals surface area contributed by atoms with Crippen LogP contribution in [0.5, 0.6) is 0 Å². The molecule has 0 aliphatic carbocycles. The van der Waals surface area contributed by atoms with Gasteiger partial charge in [-0.3, -0.25) is 9.88 Å². The van der Waals surface area contributed by atoms with Crippen molar-refractivity contribution >= 4 is 11.8 Å². The van der Waals surface area contributed by atoms with Crippen LogP contribution in [0.15, 0.2) is 24.5 Å². The normalized spacial score (nSPS) is 27.1. The molecule has 0 aromatic carbocycles. The van der Waals surface area contributed by atoms with Crippen LogP contribution in [0.25, 0.3) is 0 Å². The average Bonchev–Trinajstić information content (AvgIpc) is 2.61. The number of hydrogen-bond acceptors (Lipinski definition) is 3. The van der Waals surface area contributed by atoms with Crippen molar-refractivity contribution < 1.29 is 0 Å². The average molecular weight is 222 g/mol. The third-order valence-electron chi connectivity index (χ3n) is 3.11. The Morgan fingerprint density at radius 2 is 2.47 bits per heavy atom. The summed E-state index contributed by atoms with van der Waals surface area (Å²) >= 11 is 1.96. The lowest BCUT2D eigenvalue weighted by Crippen LogP contribution is -2.18. The summed E-state index contributed by atoms with van der Waals surface area (Å²) in [5, 5.41) is 0. The molecule has 3 heteroatoms. The van der Waals surface area contributed by atoms with Gasteiger partial charge in [-0.15, -0.1) is 0 Å². The minimum absolute atomic E-state index is 0.579. The predicted octanol–water partition coefficient (Wildman–Crippen LogP) is 2.44. The second kappa shape index (κ2) is 4.99. The van der Waals surface area contributed by atoms with E-state index in [1.165, 1.54) is 24.3 Å². The van der Waals surface area contributed by atoms with E-state index >= 15 is 0 Å². The summed E-state index contributed by atoms with van der Waals surface area (Å²) in [4.78, 5) is 6.66. The van der Waals surface area contributed by atoms with Crippen LogP contribution in [-0.4, -0.2) is 35.5 Å². The summed E-state index contributed by atoms with van der Waals surface area (Å²) in [5.41, 5.74) is 1.36. The van der Waals surface area contributed by atoms with Gasteiger partial charge in [0, 0.05) is 25.0 Å². The van der Waals surface area contributed by atoms with Gasteiger partial charge >= 0.3 is 0 Å². The Labute approximate surface area is 96.1 Å². The van der Waals surface area contributed by atoms with E-state index in [1.807, 2.05) is 30.2 Å². The van der Waals surface area contributed by atoms with Gasteiger partial charge in [-0.05, 0) is 43.0 Å². The van der Waals surface area contributed by atoms with Gasteiger partial charge < -0.3 is 0 Å². The quantitative estimate of drug-likeness (QED) is 0.781. The van der Waals surface area contributed by atoms with Crippen LogP contribution in [0.1, 0.15) is 18.0 Å². The van der Waals surface area contributed by atoms with Gasteiger partial charge in [-0.1, -0.05) is 6.07 Å². The number of hydrogen-bond donors (Lipinski definition) is 0. The molecule has 1 saturated heterocycles. The topological polar surface area (TPSA) is 16.1 Å². The molecule has 1 fully saturated rings. The second-order valence-electron chi connectivity index (χ2n) is 4.30. The summed E-state index contributed by atoms with van der Waals surface area (Å²) < 4.78 is 0. The molecule has 0 spiro atoms. The summed E-state index contributed by atoms with van der Waals surface area (Å²) in [5.74, 6) is 2.12. The third kappa shape index (κ3) is 2.52. The van der Waals surface area contributed by atoms with E-state index in [2.05, 4.69) is 29.3 Å². The molecule has 0 unspecified atom stereocenters. The molecule has 2 rings (SSSR count). The Morgan fingerprint density at radius 3 is 3.13 bits per heavy atom. The lowest BCUT2D eigenvalue weighted by atomic mass is 10.0. The maximum atomic E-state index is 4.20. The first-order chi connectivity index (χ1) is 7.31. The Bertz CT molecular complexity index is 302. The summed E-state index contributed by atoms with van der Waals surface area (Å²) in [7, 11) is 2.22. The van der Waals surface area contributed by atoms with Crippen LogP contribution >= 0.6 is 11.8 Å². The SMILES string of the molecule is CSC[C@@H]1C[C@@H](c2cccnc2)N(C)C1. The molecule has 1 aromatic rings. The van der Waals surface area contributed by atoms with E-state index in [1.54, 1.807) is 0 Å². The molecule has 1 aliphatic heterocycles. The monoisotopic (exact) mass is 222 g/mol. The van der Waals surface area contributed by atoms with Crippen molar-refractivity contribution in [2.45, 2.75) is 12.5 Å². The zero-order chi connectivity index (χ0) is 10.7. The minimum atomic E-state index is 0.579. The first kappa shape index (κ1) is 11.0. The smallest absolute Gasteiger partial charge is 0.0363 e. The Balaban J connectivity index is 2.05. The molecule has 15 heavy (non-hydrogen) atoms. The van der Waals surface area contributed by atoms with Gasteiger partial charge in [0.05, 0.1) is 0 Å². The maximum Gasteiger partial charge on any atom is 0.0363 e. The van der Waals surface area contributed by atoms with E-state index in [4.69, 9.17) is 0 Å². The molecule has 0 N–H and O–H groups in total. The maximum absolute atomic E-state index is 4.20. The number of pyridine rings is 1. The highest BCUT2D eigenvalue weighted by Crippen LogP contribution is 2.34. The van der Waals surface area contributed by atoms with Crippen LogP contribution in [0.4, 0.5) is 0 Å². The van der Waals surface area contributed by atoms with Crippen molar-refractivity contribution in [3.05, 3.63) is 30.1 Å². The van der Waals surface area contributed by atoms with Crippen molar-refractivity contribution in [2.75, 3.05) is 25.6 Å². The number of aromatic nitrogens is 1. The molecule has 0 radical (unpaired) electrons. The number of nitrogens with zero attached hydrogens (tertiary/aromatic N) is 2. The highest BCUT2D eigenvalue weighted by atomic mass is 32.2. The summed E-state index contributed by atoms with van der Waals surface area (Å²) in [6, 6.07) is 4.80. The fraction of sp³-hybridized carbons (Fsp3) is 0.583. The molecule has 0 amide bonds. The molecular weight excluding hydrogens is 204 g/mol. The van der Waals surface area contributed by atoms with Gasteiger partial charge in [-0.2, -0.15) is 11.8 Å². The van der Waals surface area contributed by atoms with Crippen molar-refractivity contribution in [1.29, 1.82) is 0 Å². The van der Waals surface area contributed by atoms with Crippen LogP contribution in [0.2, 0.25) is 0 Å². The highest BCUT2D eigenvalue weighted by molar-refractivity contribution is 7.98. The summed E-state index contributed by atoms with van der Waals surface area (Å²) in [6.45, 7) is 1.22. The van der Waals surface area contributed by atoms with Crippen molar-refractivity contribution in [2.24, 2.45) is 5.92 Å². The van der Waals surface area contributed by atoms with Gasteiger partial charge in [0.15, 0.2) is 0 Å². The fourth-order valence-corrected chi connectivity index (χ4v) is 3.14. The second-order valence-corrected chi connectivity index (χ2v) is 5.21. The Kier molecular flexibility index (Phi) is 3.65. The first-order valence-electron chi connectivity index (χ1n) is 5.40. The number of likely N-dealkylation sites (tertiary alicyclic amines) is 1. The lowest BCUT2D eigenvalue weighted by molar-refractivity contribution is 0.314. The largest absolute Gasteiger partial charge is 0.299 e. The van der Waals surface area contributed by atoms with Crippen molar-refractivity contribution in [3.63, 3.8) is 0 Å². The van der Waals surface area contributed by atoms with E-state index in [0.717, 1.165) is 5.92 Å². The van der Waals surface area contributed by atoms with Crippen molar-refractivity contribution in [1.82, 2.24) is 9.88 Å². The van der Waals surface area contributed by atoms with Gasteiger partial charge in [-0.25, -0.2) is 0 Å². The summed E-state index contributed by atoms with van der Waals surface area (Å²) in [6.07, 6.45) is 7.32. The molecule has 1 aromatic heterocycles. The number of rotatable bonds is 3. The minimum Gasteiger partial charge on any atom is -0.299 e. The molecule has 2 heterocycles. The van der Waals surface area contributed by atoms with Crippen LogP contribution in [0, 0.1) is 5.92 Å². The number of thioether (sulfide) groups is 1. The van der Waals surface area contributed by atoms with Crippen molar-refractivity contribution in [3.8, 4) is 0 Å². The highest BCUT2D eigenvalue weighted by Gasteiger charge is 2.29. The zero-order valence-electron chi connectivity index (χ0n) is 9.39. The van der Waals surface area contributed by atoms with Gasteiger partial charge in [0.1, 0.15) is 0 Å². The van der Waals surface area contributed by atoms with E-state index < -0.39 is 0 Å². The Hall–Kier alpha value is -0.540. The van der Waals surface area contributed by atoms with Crippen LogP contribution in [0.3, 0.4) is 0 Å². The van der Waals surface area contributed by atoms with E-state index in [-0.39, 0.29) is 0 Å². The third-order valence-corrected chi connectivity index (χ3v) is 3.91. The Morgan fingerprint density at radius 1 is 1.60 bits per heavy atom. The van der Waals surface area contributed by atoms with E-state index in [9.17, 15) is 0 Å². The molecular formula is C12H18N2S. The lowest BCUT2D eigenvalue weighted by Gasteiger charge is -2.18.